The third-order valence-electron chi connectivity index (χ3n) is 13.6. The normalized spacial score (nSPS) is 12.6. The molecule has 0 heterocycles. The summed E-state index contributed by atoms with van der Waals surface area (Å²) in [6, 6.07) is 0. The molecule has 1 atom stereocenters. The van der Waals surface area contributed by atoms with Crippen molar-refractivity contribution in [2.45, 2.75) is 316 Å². The van der Waals surface area contributed by atoms with Gasteiger partial charge in [-0.15, -0.1) is 0 Å². The SMILES string of the molecule is CC/C=C\C/C=C\C/C=C\C/C=C\CCCCCCC(=O)OCC(COC(=O)CCCCCCCCCCC/C=C\C/C=C\CCCCCCC)OC(=O)CCCCCCCCC/C=C\CCCCCCCCC. The number of carbonyl (C=O) groups is 3. The Balaban J connectivity index is 4.41. The fraction of sp³-hybridized carbons (Fsp3) is 0.750. The zero-order chi connectivity index (χ0) is 53.6. The van der Waals surface area contributed by atoms with Crippen LogP contribution in [-0.4, -0.2) is 37.2 Å². The van der Waals surface area contributed by atoms with E-state index in [0.29, 0.717) is 19.3 Å². The lowest BCUT2D eigenvalue weighted by molar-refractivity contribution is -0.167. The summed E-state index contributed by atoms with van der Waals surface area (Å²) in [5.41, 5.74) is 0. The van der Waals surface area contributed by atoms with Gasteiger partial charge in [0.25, 0.3) is 0 Å². The van der Waals surface area contributed by atoms with E-state index in [1.165, 1.54) is 167 Å². The Morgan fingerprint density at radius 2 is 0.527 bits per heavy atom. The number of rotatable bonds is 57. The topological polar surface area (TPSA) is 78.9 Å². The van der Waals surface area contributed by atoms with Gasteiger partial charge in [0.15, 0.2) is 6.10 Å². The summed E-state index contributed by atoms with van der Waals surface area (Å²) in [5.74, 6) is -0.909. The number of unbranched alkanes of at least 4 members (excludes halogenated alkanes) is 32. The number of hydrogen-bond donors (Lipinski definition) is 0. The lowest BCUT2D eigenvalue weighted by atomic mass is 10.1. The fourth-order valence-electron chi connectivity index (χ4n) is 8.87. The summed E-state index contributed by atoms with van der Waals surface area (Å²) in [4.78, 5) is 38.3. The van der Waals surface area contributed by atoms with Crippen molar-refractivity contribution in [3.63, 3.8) is 0 Å². The zero-order valence-electron chi connectivity index (χ0n) is 48.8. The molecule has 0 N–H and O–H groups in total. The smallest absolute Gasteiger partial charge is 0.306 e. The second kappa shape index (κ2) is 62.1. The van der Waals surface area contributed by atoms with Crippen molar-refractivity contribution in [1.82, 2.24) is 0 Å². The maximum absolute atomic E-state index is 12.9. The van der Waals surface area contributed by atoms with Crippen LogP contribution >= 0.6 is 0 Å². The van der Waals surface area contributed by atoms with E-state index in [2.05, 4.69) is 106 Å². The van der Waals surface area contributed by atoms with Crippen molar-refractivity contribution in [3.8, 4) is 0 Å². The molecule has 74 heavy (non-hydrogen) atoms. The summed E-state index contributed by atoms with van der Waals surface area (Å²) >= 11 is 0. The van der Waals surface area contributed by atoms with E-state index in [1.807, 2.05) is 0 Å². The lowest BCUT2D eigenvalue weighted by Gasteiger charge is -2.18. The molecule has 0 aromatic rings. The quantitative estimate of drug-likeness (QED) is 0.0261. The Hall–Kier alpha value is -3.41. The van der Waals surface area contributed by atoms with Crippen LogP contribution in [0, 0.1) is 0 Å². The molecule has 0 aromatic carbocycles. The first-order valence-corrected chi connectivity index (χ1v) is 31.6. The van der Waals surface area contributed by atoms with Gasteiger partial charge in [-0.1, -0.05) is 260 Å². The molecule has 0 fully saturated rings. The molecule has 0 saturated carbocycles. The van der Waals surface area contributed by atoms with Crippen LogP contribution in [0.5, 0.6) is 0 Å². The second-order valence-electron chi connectivity index (χ2n) is 20.9. The minimum absolute atomic E-state index is 0.0877. The predicted octanol–water partition coefficient (Wildman–Crippen LogP) is 21.5. The highest BCUT2D eigenvalue weighted by atomic mass is 16.6. The number of carbonyl (C=O) groups excluding carboxylic acids is 3. The molecule has 0 bridgehead atoms. The highest BCUT2D eigenvalue weighted by molar-refractivity contribution is 5.71. The molecular weight excluding hydrogens is 913 g/mol. The van der Waals surface area contributed by atoms with Crippen molar-refractivity contribution in [2.75, 3.05) is 13.2 Å². The first-order valence-electron chi connectivity index (χ1n) is 31.6. The summed E-state index contributed by atoms with van der Waals surface area (Å²) in [7, 11) is 0. The third kappa shape index (κ3) is 59.5. The van der Waals surface area contributed by atoms with E-state index in [4.69, 9.17) is 14.2 Å². The van der Waals surface area contributed by atoms with E-state index < -0.39 is 6.10 Å². The van der Waals surface area contributed by atoms with Crippen LogP contribution in [0.3, 0.4) is 0 Å². The Kier molecular flexibility index (Phi) is 59.3. The lowest BCUT2D eigenvalue weighted by Crippen LogP contribution is -2.30. The molecule has 6 nitrogen and oxygen atoms in total. The van der Waals surface area contributed by atoms with Gasteiger partial charge >= 0.3 is 17.9 Å². The molecule has 0 radical (unpaired) electrons. The number of hydrogen-bond acceptors (Lipinski definition) is 6. The van der Waals surface area contributed by atoms with Gasteiger partial charge < -0.3 is 14.2 Å². The van der Waals surface area contributed by atoms with Gasteiger partial charge in [0, 0.05) is 19.3 Å². The Labute approximate surface area is 458 Å². The van der Waals surface area contributed by atoms with Gasteiger partial charge in [0.05, 0.1) is 0 Å². The number of ether oxygens (including phenoxy) is 3. The first-order chi connectivity index (χ1) is 36.5. The van der Waals surface area contributed by atoms with Crippen molar-refractivity contribution in [1.29, 1.82) is 0 Å². The monoisotopic (exact) mass is 1030 g/mol. The Morgan fingerprint density at radius 1 is 0.284 bits per heavy atom. The second-order valence-corrected chi connectivity index (χ2v) is 20.9. The highest BCUT2D eigenvalue weighted by Crippen LogP contribution is 2.16. The van der Waals surface area contributed by atoms with Gasteiger partial charge in [0.1, 0.15) is 13.2 Å². The Bertz CT molecular complexity index is 1420. The highest BCUT2D eigenvalue weighted by Gasteiger charge is 2.19. The Morgan fingerprint density at radius 3 is 0.838 bits per heavy atom. The summed E-state index contributed by atoms with van der Waals surface area (Å²) in [6.45, 7) is 6.52. The molecule has 0 spiro atoms. The molecule has 0 aliphatic heterocycles. The van der Waals surface area contributed by atoms with E-state index in [0.717, 1.165) is 103 Å². The van der Waals surface area contributed by atoms with Gasteiger partial charge in [0.2, 0.25) is 0 Å². The molecule has 0 amide bonds. The standard InChI is InChI=1S/C68H118O6/c1-4-7-10-13-16-19-22-25-28-31-33-34-35-38-40-43-46-49-52-55-58-61-67(70)73-64-65(63-72-66(69)60-57-54-51-48-45-42-39-36-30-27-24-21-18-15-12-9-6-3)74-68(71)62-59-56-53-50-47-44-41-37-32-29-26-23-20-17-14-11-8-5-2/h9,12,18,21-22,25,27,29-33,39,42,65H,4-8,10-11,13-17,19-20,23-24,26,28,34-38,40-41,43-64H2,1-3H3/b12-9-,21-18-,25-22-,30-27-,32-29-,33-31-,42-39-. The van der Waals surface area contributed by atoms with E-state index in [-0.39, 0.29) is 31.1 Å². The molecule has 6 heteroatoms. The molecule has 426 valence electrons. The van der Waals surface area contributed by atoms with Gasteiger partial charge in [-0.3, -0.25) is 14.4 Å². The van der Waals surface area contributed by atoms with E-state index in [9.17, 15) is 14.4 Å². The van der Waals surface area contributed by atoms with Crippen LogP contribution < -0.4 is 0 Å². The molecule has 0 saturated heterocycles. The minimum Gasteiger partial charge on any atom is -0.462 e. The molecule has 1 unspecified atom stereocenters. The third-order valence-corrected chi connectivity index (χ3v) is 13.6. The van der Waals surface area contributed by atoms with Crippen molar-refractivity contribution >= 4 is 17.9 Å². The van der Waals surface area contributed by atoms with E-state index in [1.54, 1.807) is 0 Å². The maximum Gasteiger partial charge on any atom is 0.306 e. The fourth-order valence-corrected chi connectivity index (χ4v) is 8.87. The average molecular weight is 1030 g/mol. The largest absolute Gasteiger partial charge is 0.462 e. The molecule has 0 aliphatic carbocycles. The molecular formula is C68H118O6. The molecule has 0 aromatic heterocycles. The maximum atomic E-state index is 12.9. The molecule has 0 rings (SSSR count). The number of esters is 3. The summed E-state index contributed by atoms with van der Waals surface area (Å²) in [5, 5.41) is 0. The van der Waals surface area contributed by atoms with Crippen LogP contribution in [0.1, 0.15) is 310 Å². The number of allylic oxidation sites excluding steroid dienone is 14. The van der Waals surface area contributed by atoms with Gasteiger partial charge in [-0.25, -0.2) is 0 Å². The van der Waals surface area contributed by atoms with Crippen LogP contribution in [-0.2, 0) is 28.6 Å². The predicted molar refractivity (Wildman–Crippen MR) is 321 cm³/mol. The summed E-state index contributed by atoms with van der Waals surface area (Å²) in [6.07, 6.45) is 81.5. The summed E-state index contributed by atoms with van der Waals surface area (Å²) < 4.78 is 16.9. The van der Waals surface area contributed by atoms with E-state index >= 15 is 0 Å². The van der Waals surface area contributed by atoms with Gasteiger partial charge in [-0.2, -0.15) is 0 Å². The van der Waals surface area contributed by atoms with Crippen LogP contribution in [0.2, 0.25) is 0 Å². The van der Waals surface area contributed by atoms with Crippen LogP contribution in [0.15, 0.2) is 85.1 Å². The average Bonchev–Trinajstić information content (AvgIpc) is 3.40. The van der Waals surface area contributed by atoms with Crippen molar-refractivity contribution < 1.29 is 28.6 Å². The zero-order valence-corrected chi connectivity index (χ0v) is 48.8. The van der Waals surface area contributed by atoms with Gasteiger partial charge in [-0.05, 0) is 116 Å². The van der Waals surface area contributed by atoms with Crippen molar-refractivity contribution in [2.24, 2.45) is 0 Å². The van der Waals surface area contributed by atoms with Crippen molar-refractivity contribution in [3.05, 3.63) is 85.1 Å². The van der Waals surface area contributed by atoms with Crippen LogP contribution in [0.4, 0.5) is 0 Å². The van der Waals surface area contributed by atoms with Crippen LogP contribution in [0.25, 0.3) is 0 Å². The molecule has 0 aliphatic rings. The minimum atomic E-state index is -0.793. The first kappa shape index (κ1) is 70.6.